The molecule has 1 fully saturated rings. The van der Waals surface area contributed by atoms with Crippen molar-refractivity contribution in [2.24, 2.45) is 0 Å². The van der Waals surface area contributed by atoms with Crippen molar-refractivity contribution in [1.29, 1.82) is 0 Å². The Bertz CT molecular complexity index is 970. The molecule has 1 heterocycles. The second-order valence-electron chi connectivity index (χ2n) is 8.31. The molecule has 1 saturated carbocycles. The maximum absolute atomic E-state index is 13.0. The van der Waals surface area contributed by atoms with Gasteiger partial charge >= 0.3 is 0 Å². The topological polar surface area (TPSA) is 95.2 Å². The van der Waals surface area contributed by atoms with Crippen LogP contribution in [0.15, 0.2) is 36.4 Å². The normalized spacial score (nSPS) is 20.9. The lowest BCUT2D eigenvalue weighted by Gasteiger charge is -2.31. The van der Waals surface area contributed by atoms with Crippen molar-refractivity contribution in [2.45, 2.75) is 49.8 Å². The third-order valence-corrected chi connectivity index (χ3v) is 7.72. The predicted octanol–water partition coefficient (Wildman–Crippen LogP) is 3.39. The Morgan fingerprint density at radius 2 is 2.00 bits per heavy atom. The highest BCUT2D eigenvalue weighted by Gasteiger charge is 2.31. The number of allylic oxidation sites excluding steroid dienone is 1. The van der Waals surface area contributed by atoms with Crippen LogP contribution < -0.4 is 20.1 Å². The van der Waals surface area contributed by atoms with Gasteiger partial charge in [-0.05, 0) is 61.6 Å². The fourth-order valence-corrected chi connectivity index (χ4v) is 5.77. The van der Waals surface area contributed by atoms with Crippen molar-refractivity contribution in [2.75, 3.05) is 25.5 Å². The quantitative estimate of drug-likeness (QED) is 0.435. The summed E-state index contributed by atoms with van der Waals surface area (Å²) in [5.74, 6) is 0.707. The number of aromatic nitrogens is 1. The number of benzene rings is 1. The molecule has 32 heavy (non-hydrogen) atoms. The molecule has 0 saturated heterocycles. The van der Waals surface area contributed by atoms with Gasteiger partial charge in [0.2, 0.25) is 0 Å². The van der Waals surface area contributed by atoms with Crippen LogP contribution in [-0.4, -0.2) is 46.6 Å². The van der Waals surface area contributed by atoms with Gasteiger partial charge in [-0.1, -0.05) is 25.0 Å². The number of hydrogen-bond donors (Lipinski definition) is 4. The monoisotopic (exact) mass is 456 g/mol. The third-order valence-electron chi connectivity index (χ3n) is 6.12. The summed E-state index contributed by atoms with van der Waals surface area (Å²) in [6, 6.07) is 9.54. The van der Waals surface area contributed by atoms with E-state index in [1.165, 1.54) is 0 Å². The van der Waals surface area contributed by atoms with Crippen LogP contribution in [0.4, 0.5) is 5.69 Å². The first-order valence-corrected chi connectivity index (χ1v) is 12.6. The van der Waals surface area contributed by atoms with Gasteiger partial charge in [0.1, 0.15) is 11.4 Å². The van der Waals surface area contributed by atoms with Gasteiger partial charge in [0.05, 0.1) is 23.3 Å². The molecule has 1 amide bonds. The van der Waals surface area contributed by atoms with Crippen LogP contribution in [0.25, 0.3) is 6.08 Å². The highest BCUT2D eigenvalue weighted by Crippen LogP contribution is 2.24. The molecule has 3 atom stereocenters. The van der Waals surface area contributed by atoms with Crippen LogP contribution in [0.3, 0.4) is 0 Å². The average molecular weight is 457 g/mol. The molecule has 1 aromatic heterocycles. The highest BCUT2D eigenvalue weighted by atomic mass is 32.2. The first-order chi connectivity index (χ1) is 15.6. The lowest BCUT2D eigenvalue weighted by Crippen LogP contribution is -2.49. The number of hydrogen-bond acceptors (Lipinski definition) is 4. The van der Waals surface area contributed by atoms with Crippen LogP contribution in [0, 0.1) is 0 Å². The van der Waals surface area contributed by atoms with Crippen molar-refractivity contribution >= 4 is 28.7 Å². The zero-order chi connectivity index (χ0) is 22.3. The number of fused-ring (bicyclic) bond motifs is 1. The van der Waals surface area contributed by atoms with Gasteiger partial charge in [0, 0.05) is 30.5 Å². The number of ether oxygens (including phenoxy) is 1. The average Bonchev–Trinajstić information content (AvgIpc) is 3.27. The maximum atomic E-state index is 13.0. The van der Waals surface area contributed by atoms with E-state index in [0.717, 1.165) is 61.2 Å². The Hall–Kier alpha value is -2.58. The zero-order valence-electron chi connectivity index (χ0n) is 18.5. The number of anilines is 1. The molecular formula is C24H32N4O3S. The third kappa shape index (κ3) is 5.61. The van der Waals surface area contributed by atoms with E-state index in [1.807, 2.05) is 30.3 Å². The Kier molecular flexibility index (Phi) is 7.65. The summed E-state index contributed by atoms with van der Waals surface area (Å²) in [5.41, 5.74) is 3.79. The minimum absolute atomic E-state index is 0.0850. The minimum Gasteiger partial charge on any atom is -0.497 e. The smallest absolute Gasteiger partial charge is 0.267 e. The number of carbonyl (C=O) groups excluding carboxylic acids is 1. The molecule has 7 nitrogen and oxygen atoms in total. The van der Waals surface area contributed by atoms with E-state index in [2.05, 4.69) is 32.5 Å². The molecule has 0 aliphatic heterocycles. The minimum atomic E-state index is -1.21. The lowest BCUT2D eigenvalue weighted by molar-refractivity contribution is 0.0924. The molecule has 0 radical (unpaired) electrons. The van der Waals surface area contributed by atoms with Gasteiger partial charge in [-0.2, -0.15) is 0 Å². The van der Waals surface area contributed by atoms with Crippen molar-refractivity contribution in [1.82, 2.24) is 15.0 Å². The van der Waals surface area contributed by atoms with Crippen molar-refractivity contribution in [3.05, 3.63) is 53.4 Å². The van der Waals surface area contributed by atoms with E-state index in [-0.39, 0.29) is 17.2 Å². The van der Waals surface area contributed by atoms with Crippen molar-refractivity contribution in [3.8, 4) is 5.75 Å². The number of amides is 1. The number of methoxy groups -OCH3 is 1. The molecule has 172 valence electrons. The van der Waals surface area contributed by atoms with E-state index in [0.29, 0.717) is 18.8 Å². The van der Waals surface area contributed by atoms with Gasteiger partial charge in [-0.15, -0.1) is 0 Å². The van der Waals surface area contributed by atoms with Crippen LogP contribution in [0.2, 0.25) is 0 Å². The van der Waals surface area contributed by atoms with Crippen LogP contribution >= 0.6 is 0 Å². The van der Waals surface area contributed by atoms with E-state index in [1.54, 1.807) is 7.11 Å². The van der Waals surface area contributed by atoms with Crippen LogP contribution in [-0.2, 0) is 17.4 Å². The molecule has 1 unspecified atom stereocenters. The predicted molar refractivity (Wildman–Crippen MR) is 129 cm³/mol. The molecule has 2 aliphatic carbocycles. The fourth-order valence-electron chi connectivity index (χ4n) is 4.37. The van der Waals surface area contributed by atoms with Gasteiger partial charge < -0.3 is 20.4 Å². The van der Waals surface area contributed by atoms with E-state index in [4.69, 9.17) is 4.74 Å². The Balaban J connectivity index is 1.27. The highest BCUT2D eigenvalue weighted by molar-refractivity contribution is 7.83. The number of carbonyl (C=O) groups is 1. The molecule has 4 N–H and O–H groups in total. The summed E-state index contributed by atoms with van der Waals surface area (Å²) in [7, 11) is 0.433. The van der Waals surface area contributed by atoms with E-state index < -0.39 is 11.0 Å². The van der Waals surface area contributed by atoms with Crippen molar-refractivity contribution < 1.29 is 13.7 Å². The summed E-state index contributed by atoms with van der Waals surface area (Å²) < 4.78 is 21.3. The molecule has 2 aromatic rings. The lowest BCUT2D eigenvalue weighted by atomic mass is 9.95. The molecule has 0 spiro atoms. The first kappa shape index (κ1) is 22.6. The summed E-state index contributed by atoms with van der Waals surface area (Å²) in [6.45, 7) is 1.23. The zero-order valence-corrected chi connectivity index (χ0v) is 19.3. The van der Waals surface area contributed by atoms with E-state index in [9.17, 15) is 9.00 Å². The largest absolute Gasteiger partial charge is 0.497 e. The Labute approximate surface area is 192 Å². The van der Waals surface area contributed by atoms with Gasteiger partial charge in [0.15, 0.2) is 0 Å². The fraction of sp³-hybridized carbons (Fsp3) is 0.458. The molecular weight excluding hydrogens is 424 g/mol. The van der Waals surface area contributed by atoms with E-state index >= 15 is 0 Å². The van der Waals surface area contributed by atoms with Gasteiger partial charge in [-0.25, -0.2) is 8.93 Å². The number of aryl methyl sites for hydroxylation is 1. The summed E-state index contributed by atoms with van der Waals surface area (Å²) >= 11 is 0. The van der Waals surface area contributed by atoms with Crippen LogP contribution in [0.1, 0.15) is 53.8 Å². The standard InChI is InChI=1S/C24H32N4O3S/c1-31-19-12-10-18(11-13-19)25-14-15-26-32(30)23-9-5-4-8-21(23)28-24(29)22-16-17-6-2-3-7-20(17)27-22/h2,6,10-13,16,21,23,25-27H,3-5,7-9,14-15H2,1H3,(H,28,29)/t21-,23+,32?/m0/s1. The number of rotatable bonds is 9. The molecule has 8 heteroatoms. The second-order valence-corrected chi connectivity index (χ2v) is 9.80. The summed E-state index contributed by atoms with van der Waals surface area (Å²) in [5, 5.41) is 6.37. The number of H-pyrrole nitrogens is 1. The summed E-state index contributed by atoms with van der Waals surface area (Å²) in [6.07, 6.45) is 9.91. The number of aromatic amines is 1. The first-order valence-electron chi connectivity index (χ1n) is 11.4. The van der Waals surface area contributed by atoms with Gasteiger partial charge in [-0.3, -0.25) is 4.79 Å². The molecule has 2 aliphatic rings. The molecule has 0 bridgehead atoms. The molecule has 1 aromatic carbocycles. The molecule has 4 rings (SSSR count). The maximum Gasteiger partial charge on any atom is 0.267 e. The van der Waals surface area contributed by atoms with Crippen LogP contribution in [0.5, 0.6) is 5.75 Å². The SMILES string of the molecule is COc1ccc(NCCNS(=O)[C@@H]2CCCC[C@@H]2NC(=O)c2cc3c([nH]2)CCC=C3)cc1. The Morgan fingerprint density at radius 3 is 2.78 bits per heavy atom. The van der Waals surface area contributed by atoms with Crippen molar-refractivity contribution in [3.63, 3.8) is 0 Å². The Morgan fingerprint density at radius 1 is 1.19 bits per heavy atom. The summed E-state index contributed by atoms with van der Waals surface area (Å²) in [4.78, 5) is 16.1. The second kappa shape index (κ2) is 10.8. The van der Waals surface area contributed by atoms with Gasteiger partial charge in [0.25, 0.3) is 5.91 Å². The number of nitrogens with one attached hydrogen (secondary N) is 4.